The largest absolute Gasteiger partial charge is 0.351 e. The number of pyridine rings is 1. The second-order valence-corrected chi connectivity index (χ2v) is 7.68. The molecule has 4 aromatic heterocycles. The Morgan fingerprint density at radius 2 is 1.94 bits per heavy atom. The topological polar surface area (TPSA) is 133 Å². The maximum atomic E-state index is 12.7. The van der Waals surface area contributed by atoms with Gasteiger partial charge in [0.05, 0.1) is 5.69 Å². The normalized spacial score (nSPS) is 11.3. The molecule has 4 heterocycles. The quantitative estimate of drug-likeness (QED) is 0.353. The summed E-state index contributed by atoms with van der Waals surface area (Å²) in [5, 5.41) is 4.80. The van der Waals surface area contributed by atoms with Gasteiger partial charge in [-0.2, -0.15) is 4.98 Å². The molecule has 0 spiro atoms. The first-order valence-corrected chi connectivity index (χ1v) is 10.2. The summed E-state index contributed by atoms with van der Waals surface area (Å²) in [6.07, 6.45) is 2.45. The third kappa shape index (κ3) is 3.76. The minimum atomic E-state index is -0.162. The standard InChI is InChI=1S/C23H20N6O3/c1-12-21(28-22(25-12)19(30)7-3-14-4-8-20(31)24-11-14)15-5-6-17-16(9-15)10-18(27-17)23-26-13(2)29-32-23/h4-6,8-11,27H,3,7H2,1-2H3,(H,24,31)(H,25,28). The van der Waals surface area contributed by atoms with Crippen molar-refractivity contribution in [2.45, 2.75) is 26.7 Å². The number of ketones is 1. The van der Waals surface area contributed by atoms with Gasteiger partial charge in [0, 0.05) is 40.8 Å². The second kappa shape index (κ2) is 7.77. The number of hydrogen-bond donors (Lipinski definition) is 3. The lowest BCUT2D eigenvalue weighted by Crippen LogP contribution is -2.06. The summed E-state index contributed by atoms with van der Waals surface area (Å²) in [5.74, 6) is 1.26. The van der Waals surface area contributed by atoms with Crippen molar-refractivity contribution in [3.8, 4) is 22.8 Å². The number of Topliss-reactive ketones (excluding diaryl/α,β-unsaturated/α-hetero) is 1. The first kappa shape index (κ1) is 19.7. The summed E-state index contributed by atoms with van der Waals surface area (Å²) in [5.41, 5.74) is 4.87. The summed E-state index contributed by atoms with van der Waals surface area (Å²) in [4.78, 5) is 41.7. The van der Waals surface area contributed by atoms with E-state index in [4.69, 9.17) is 4.52 Å². The third-order valence-electron chi connectivity index (χ3n) is 5.29. The average Bonchev–Trinajstić information content (AvgIpc) is 3.50. The number of carbonyl (C=O) groups is 1. The number of aromatic nitrogens is 6. The van der Waals surface area contributed by atoms with E-state index < -0.39 is 0 Å². The molecule has 0 saturated heterocycles. The highest BCUT2D eigenvalue weighted by Gasteiger charge is 2.16. The van der Waals surface area contributed by atoms with Crippen LogP contribution in [0.1, 0.15) is 34.1 Å². The first-order valence-electron chi connectivity index (χ1n) is 10.2. The Labute approximate surface area is 181 Å². The zero-order valence-electron chi connectivity index (χ0n) is 17.5. The zero-order chi connectivity index (χ0) is 22.2. The lowest BCUT2D eigenvalue weighted by molar-refractivity contribution is 0.0973. The molecule has 0 radical (unpaired) electrons. The highest BCUT2D eigenvalue weighted by molar-refractivity contribution is 5.94. The van der Waals surface area contributed by atoms with E-state index in [0.717, 1.165) is 39.1 Å². The van der Waals surface area contributed by atoms with Crippen molar-refractivity contribution in [2.24, 2.45) is 0 Å². The van der Waals surface area contributed by atoms with Crippen LogP contribution in [0, 0.1) is 13.8 Å². The van der Waals surface area contributed by atoms with Crippen LogP contribution in [-0.4, -0.2) is 35.9 Å². The van der Waals surface area contributed by atoms with Crippen molar-refractivity contribution < 1.29 is 9.32 Å². The number of fused-ring (bicyclic) bond motifs is 1. The predicted molar refractivity (Wildman–Crippen MR) is 118 cm³/mol. The summed E-state index contributed by atoms with van der Waals surface area (Å²) >= 11 is 0. The number of imidazole rings is 1. The molecule has 1 aromatic carbocycles. The van der Waals surface area contributed by atoms with Gasteiger partial charge in [-0.25, -0.2) is 4.98 Å². The number of carbonyl (C=O) groups excluding carboxylic acids is 1. The van der Waals surface area contributed by atoms with Crippen molar-refractivity contribution >= 4 is 16.7 Å². The fourth-order valence-corrected chi connectivity index (χ4v) is 3.65. The summed E-state index contributed by atoms with van der Waals surface area (Å²) < 4.78 is 5.24. The predicted octanol–water partition coefficient (Wildman–Crippen LogP) is 3.73. The average molecular weight is 428 g/mol. The number of benzene rings is 1. The van der Waals surface area contributed by atoms with Crippen molar-refractivity contribution in [3.63, 3.8) is 0 Å². The molecule has 3 N–H and O–H groups in total. The van der Waals surface area contributed by atoms with E-state index in [2.05, 4.69) is 30.1 Å². The molecule has 0 aliphatic heterocycles. The highest BCUT2D eigenvalue weighted by atomic mass is 16.5. The molecule has 0 amide bonds. The maximum absolute atomic E-state index is 12.7. The Balaban J connectivity index is 1.38. The molecule has 160 valence electrons. The molecule has 0 aliphatic carbocycles. The molecule has 0 saturated carbocycles. The van der Waals surface area contributed by atoms with Crippen molar-refractivity contribution in [1.29, 1.82) is 0 Å². The van der Waals surface area contributed by atoms with Gasteiger partial charge in [0.25, 0.3) is 5.89 Å². The SMILES string of the molecule is Cc1noc(-c2cc3cc(-c4nc(C(=O)CCc5ccc(=O)[nH]c5)[nH]c4C)ccc3[nH]2)n1. The van der Waals surface area contributed by atoms with Crippen LogP contribution >= 0.6 is 0 Å². The van der Waals surface area contributed by atoms with Gasteiger partial charge in [0.1, 0.15) is 5.69 Å². The molecule has 0 atom stereocenters. The van der Waals surface area contributed by atoms with Gasteiger partial charge in [0.15, 0.2) is 17.4 Å². The molecule has 0 bridgehead atoms. The van der Waals surface area contributed by atoms with Gasteiger partial charge < -0.3 is 19.5 Å². The molecular formula is C23H20N6O3. The van der Waals surface area contributed by atoms with E-state index in [1.165, 1.54) is 6.07 Å². The number of nitrogens with one attached hydrogen (secondary N) is 3. The van der Waals surface area contributed by atoms with Gasteiger partial charge in [-0.05, 0) is 44.0 Å². The number of rotatable bonds is 6. The van der Waals surface area contributed by atoms with Crippen molar-refractivity contribution in [2.75, 3.05) is 0 Å². The van der Waals surface area contributed by atoms with Gasteiger partial charge in [0.2, 0.25) is 5.56 Å². The molecule has 0 unspecified atom stereocenters. The van der Waals surface area contributed by atoms with Crippen LogP contribution in [0.4, 0.5) is 0 Å². The van der Waals surface area contributed by atoms with Crippen LogP contribution < -0.4 is 5.56 Å². The van der Waals surface area contributed by atoms with Gasteiger partial charge in [-0.1, -0.05) is 17.3 Å². The molecule has 5 aromatic rings. The lowest BCUT2D eigenvalue weighted by atomic mass is 10.1. The van der Waals surface area contributed by atoms with Gasteiger partial charge in [-0.3, -0.25) is 9.59 Å². The Kier molecular flexibility index (Phi) is 4.78. The molecular weight excluding hydrogens is 408 g/mol. The molecule has 32 heavy (non-hydrogen) atoms. The number of aromatic amines is 3. The molecule has 9 nitrogen and oxygen atoms in total. The van der Waals surface area contributed by atoms with E-state index in [0.29, 0.717) is 30.4 Å². The maximum Gasteiger partial charge on any atom is 0.274 e. The van der Waals surface area contributed by atoms with Crippen LogP contribution in [0.5, 0.6) is 0 Å². The Morgan fingerprint density at radius 1 is 1.06 bits per heavy atom. The van der Waals surface area contributed by atoms with Crippen molar-refractivity contribution in [3.05, 3.63) is 75.9 Å². The minimum absolute atomic E-state index is 0.0812. The molecule has 5 rings (SSSR count). The Hall–Kier alpha value is -4.27. The van der Waals surface area contributed by atoms with Crippen LogP contribution in [0.25, 0.3) is 33.7 Å². The fraction of sp³-hybridized carbons (Fsp3) is 0.174. The highest BCUT2D eigenvalue weighted by Crippen LogP contribution is 2.29. The molecule has 0 fully saturated rings. The smallest absolute Gasteiger partial charge is 0.274 e. The van der Waals surface area contributed by atoms with E-state index in [1.54, 1.807) is 19.2 Å². The van der Waals surface area contributed by atoms with Crippen LogP contribution in [0.15, 0.2) is 51.9 Å². The van der Waals surface area contributed by atoms with E-state index >= 15 is 0 Å². The van der Waals surface area contributed by atoms with E-state index in [1.807, 2.05) is 31.2 Å². The lowest BCUT2D eigenvalue weighted by Gasteiger charge is -1.99. The minimum Gasteiger partial charge on any atom is -0.351 e. The number of nitrogens with zero attached hydrogens (tertiary/aromatic N) is 3. The van der Waals surface area contributed by atoms with E-state index in [-0.39, 0.29) is 11.3 Å². The number of H-pyrrole nitrogens is 3. The summed E-state index contributed by atoms with van der Waals surface area (Å²) in [6, 6.07) is 11.1. The molecule has 0 aliphatic rings. The Bertz CT molecular complexity index is 1480. The summed E-state index contributed by atoms with van der Waals surface area (Å²) in [6.45, 7) is 3.67. The number of aryl methyl sites for hydroxylation is 3. The molecule has 9 heteroatoms. The van der Waals surface area contributed by atoms with Gasteiger partial charge >= 0.3 is 0 Å². The van der Waals surface area contributed by atoms with E-state index in [9.17, 15) is 9.59 Å². The third-order valence-corrected chi connectivity index (χ3v) is 5.29. The van der Waals surface area contributed by atoms with Crippen LogP contribution in [0.2, 0.25) is 0 Å². The second-order valence-electron chi connectivity index (χ2n) is 7.68. The fourth-order valence-electron chi connectivity index (χ4n) is 3.65. The van der Waals surface area contributed by atoms with Crippen LogP contribution in [0.3, 0.4) is 0 Å². The monoisotopic (exact) mass is 428 g/mol. The van der Waals surface area contributed by atoms with Gasteiger partial charge in [-0.15, -0.1) is 0 Å². The zero-order valence-corrected chi connectivity index (χ0v) is 17.5. The number of hydrogen-bond acceptors (Lipinski definition) is 6. The summed E-state index contributed by atoms with van der Waals surface area (Å²) in [7, 11) is 0. The van der Waals surface area contributed by atoms with Crippen LogP contribution in [-0.2, 0) is 6.42 Å². The Morgan fingerprint density at radius 3 is 2.69 bits per heavy atom. The first-order chi connectivity index (χ1) is 15.5. The van der Waals surface area contributed by atoms with Crippen molar-refractivity contribution in [1.82, 2.24) is 30.1 Å².